The highest BCUT2D eigenvalue weighted by Crippen LogP contribution is 2.50. The smallest absolute Gasteiger partial charge is 0.312 e. The van der Waals surface area contributed by atoms with E-state index in [1.165, 1.54) is 6.07 Å². The fourth-order valence-electron chi connectivity index (χ4n) is 3.62. The number of hydrogen-bond acceptors (Lipinski definition) is 7. The topological polar surface area (TPSA) is 91.9 Å². The molecule has 4 rings (SSSR count). The van der Waals surface area contributed by atoms with Crippen LogP contribution < -0.4 is 0 Å². The van der Waals surface area contributed by atoms with Crippen molar-refractivity contribution in [2.24, 2.45) is 4.99 Å². The van der Waals surface area contributed by atoms with Crippen molar-refractivity contribution in [2.45, 2.75) is 31.5 Å². The summed E-state index contributed by atoms with van der Waals surface area (Å²) in [7, 11) is 0. The van der Waals surface area contributed by atoms with Crippen LogP contribution in [0.15, 0.2) is 46.0 Å². The summed E-state index contributed by atoms with van der Waals surface area (Å²) in [6.07, 6.45) is 2.69. The number of benzene rings is 1. The monoisotopic (exact) mass is 448 g/mol. The van der Waals surface area contributed by atoms with E-state index in [-0.39, 0.29) is 23.5 Å². The molecule has 0 unspecified atom stereocenters. The van der Waals surface area contributed by atoms with E-state index in [0.29, 0.717) is 10.5 Å². The summed E-state index contributed by atoms with van der Waals surface area (Å²) in [6.45, 7) is 2.13. The summed E-state index contributed by atoms with van der Waals surface area (Å²) >= 11 is 4.98. The van der Waals surface area contributed by atoms with Crippen molar-refractivity contribution in [2.75, 3.05) is 5.75 Å². The zero-order valence-corrected chi connectivity index (χ0v) is 16.9. The number of phenols is 1. The molecule has 0 saturated carbocycles. The maximum Gasteiger partial charge on any atom is 0.312 e. The summed E-state index contributed by atoms with van der Waals surface area (Å²) in [4.78, 5) is 22.5. The molecular formula is C18H17BrN4O3S. The fourth-order valence-corrected chi connectivity index (χ4v) is 5.43. The summed E-state index contributed by atoms with van der Waals surface area (Å²) in [6, 6.07) is 8.75. The Morgan fingerprint density at radius 3 is 2.93 bits per heavy atom. The van der Waals surface area contributed by atoms with Gasteiger partial charge in [0.05, 0.1) is 21.1 Å². The normalized spacial score (nSPS) is 24.0. The molecule has 7 nitrogen and oxygen atoms in total. The van der Waals surface area contributed by atoms with Crippen molar-refractivity contribution in [1.29, 1.82) is 0 Å². The molecular weight excluding hydrogens is 432 g/mol. The van der Waals surface area contributed by atoms with Crippen LogP contribution >= 0.6 is 27.7 Å². The van der Waals surface area contributed by atoms with Crippen LogP contribution in [-0.4, -0.2) is 36.9 Å². The van der Waals surface area contributed by atoms with Crippen LogP contribution in [0.5, 0.6) is 5.75 Å². The highest BCUT2D eigenvalue weighted by atomic mass is 79.9. The Morgan fingerprint density at radius 1 is 1.44 bits per heavy atom. The van der Waals surface area contributed by atoms with E-state index in [9.17, 15) is 15.2 Å². The summed E-state index contributed by atoms with van der Waals surface area (Å²) in [5.41, 5.74) is 1.25. The molecule has 0 aliphatic carbocycles. The number of aromatic nitrogens is 1. The molecule has 2 aromatic rings. The third-order valence-electron chi connectivity index (χ3n) is 4.93. The maximum absolute atomic E-state index is 11.4. The molecule has 0 amide bonds. The highest BCUT2D eigenvalue weighted by molar-refractivity contribution is 9.10. The Hall–Kier alpha value is -2.13. The van der Waals surface area contributed by atoms with Crippen molar-refractivity contribution < 1.29 is 10.0 Å². The average molecular weight is 449 g/mol. The van der Waals surface area contributed by atoms with Crippen LogP contribution in [0.3, 0.4) is 0 Å². The van der Waals surface area contributed by atoms with Gasteiger partial charge in [-0.3, -0.25) is 20.1 Å². The minimum absolute atomic E-state index is 0.203. The van der Waals surface area contributed by atoms with Gasteiger partial charge in [-0.2, -0.15) is 0 Å². The van der Waals surface area contributed by atoms with E-state index in [1.54, 1.807) is 24.0 Å². The number of pyridine rings is 1. The number of nitro benzene ring substituents is 1. The second kappa shape index (κ2) is 7.12. The molecule has 3 heterocycles. The number of amidine groups is 1. The van der Waals surface area contributed by atoms with E-state index >= 15 is 0 Å². The molecule has 140 valence electrons. The lowest BCUT2D eigenvalue weighted by molar-refractivity contribution is -0.386. The quantitative estimate of drug-likeness (QED) is 0.548. The minimum atomic E-state index is -0.563. The van der Waals surface area contributed by atoms with Crippen molar-refractivity contribution in [3.05, 3.63) is 62.4 Å². The summed E-state index contributed by atoms with van der Waals surface area (Å²) < 4.78 is 0.305. The first-order chi connectivity index (χ1) is 13.0. The van der Waals surface area contributed by atoms with Crippen LogP contribution in [0.25, 0.3) is 0 Å². The number of fused-ring (bicyclic) bond motifs is 1. The van der Waals surface area contributed by atoms with Gasteiger partial charge in [0.25, 0.3) is 0 Å². The van der Waals surface area contributed by atoms with Crippen LogP contribution in [0.2, 0.25) is 0 Å². The van der Waals surface area contributed by atoms with Crippen LogP contribution in [0, 0.1) is 10.1 Å². The van der Waals surface area contributed by atoms with E-state index in [2.05, 4.69) is 32.7 Å². The van der Waals surface area contributed by atoms with E-state index in [0.717, 1.165) is 28.6 Å². The van der Waals surface area contributed by atoms with Gasteiger partial charge in [-0.25, -0.2) is 0 Å². The number of aliphatic imine (C=N–C) groups is 1. The van der Waals surface area contributed by atoms with E-state index in [1.807, 2.05) is 18.2 Å². The standard InChI is InChI=1S/C18H17BrN4O3S/c1-2-11-9-27-18-21-15(13-5-3-4-6-20-13)16(22(11)18)10-7-12(19)17(24)14(8-10)23(25)26/h3-8,11,15-16,24H,2,9H2,1H3/t11-,15-,16+/m0/s1. The summed E-state index contributed by atoms with van der Waals surface area (Å²) in [5.74, 6) is 0.586. The van der Waals surface area contributed by atoms with Gasteiger partial charge in [0, 0.05) is 24.1 Å². The average Bonchev–Trinajstić information content (AvgIpc) is 3.23. The van der Waals surface area contributed by atoms with Crippen LogP contribution in [0.4, 0.5) is 5.69 Å². The second-order valence-corrected chi connectivity index (χ2v) is 8.31. The highest BCUT2D eigenvalue weighted by Gasteiger charge is 2.46. The largest absolute Gasteiger partial charge is 0.501 e. The molecule has 0 bridgehead atoms. The Kier molecular flexibility index (Phi) is 4.81. The number of nitrogens with zero attached hydrogens (tertiary/aromatic N) is 4. The maximum atomic E-state index is 11.4. The predicted molar refractivity (Wildman–Crippen MR) is 108 cm³/mol. The van der Waals surface area contributed by atoms with Gasteiger partial charge in [-0.1, -0.05) is 24.8 Å². The molecule has 0 spiro atoms. The number of aromatic hydroxyl groups is 1. The SMILES string of the molecule is CC[C@H]1CSC2=N[C@@H](c3ccccn3)[C@@H](c3cc(Br)c(O)c([N+](=O)[O-])c3)N21. The molecule has 2 aliphatic rings. The molecule has 1 fully saturated rings. The predicted octanol–water partition coefficient (Wildman–Crippen LogP) is 4.44. The molecule has 27 heavy (non-hydrogen) atoms. The number of phenolic OH excluding ortho intramolecular Hbond substituents is 1. The third-order valence-corrected chi connectivity index (χ3v) is 6.66. The number of nitro groups is 1. The van der Waals surface area contributed by atoms with Crippen LogP contribution in [-0.2, 0) is 0 Å². The summed E-state index contributed by atoms with van der Waals surface area (Å²) in [5, 5.41) is 22.4. The minimum Gasteiger partial charge on any atom is -0.501 e. The Labute approximate surface area is 168 Å². The van der Waals surface area contributed by atoms with Gasteiger partial charge in [-0.05, 0) is 46.1 Å². The molecule has 0 radical (unpaired) electrons. The van der Waals surface area contributed by atoms with Crippen LogP contribution in [0.1, 0.15) is 36.7 Å². The Morgan fingerprint density at radius 2 is 2.26 bits per heavy atom. The lowest BCUT2D eigenvalue weighted by Gasteiger charge is -2.32. The third kappa shape index (κ3) is 3.08. The van der Waals surface area contributed by atoms with Gasteiger partial charge in [-0.15, -0.1) is 0 Å². The number of hydrogen-bond donors (Lipinski definition) is 1. The van der Waals surface area contributed by atoms with Crippen molar-refractivity contribution >= 4 is 38.5 Å². The fraction of sp³-hybridized carbons (Fsp3) is 0.333. The van der Waals surface area contributed by atoms with Gasteiger partial charge < -0.3 is 10.0 Å². The van der Waals surface area contributed by atoms with E-state index in [4.69, 9.17) is 4.99 Å². The lowest BCUT2D eigenvalue weighted by atomic mass is 9.94. The zero-order chi connectivity index (χ0) is 19.1. The Bertz CT molecular complexity index is 924. The lowest BCUT2D eigenvalue weighted by Crippen LogP contribution is -2.35. The van der Waals surface area contributed by atoms with Gasteiger partial charge >= 0.3 is 5.69 Å². The number of halogens is 1. The first-order valence-electron chi connectivity index (χ1n) is 8.58. The van der Waals surface area contributed by atoms with Gasteiger partial charge in [0.2, 0.25) is 5.75 Å². The molecule has 1 aromatic heterocycles. The number of thioether (sulfide) groups is 1. The second-order valence-electron chi connectivity index (χ2n) is 6.46. The van der Waals surface area contributed by atoms with Gasteiger partial charge in [0.1, 0.15) is 6.04 Å². The molecule has 3 atom stereocenters. The molecule has 1 N–H and O–H groups in total. The van der Waals surface area contributed by atoms with Crippen molar-refractivity contribution in [3.8, 4) is 5.75 Å². The molecule has 2 aliphatic heterocycles. The van der Waals surface area contributed by atoms with E-state index < -0.39 is 4.92 Å². The first kappa shape index (κ1) is 18.2. The van der Waals surface area contributed by atoms with Gasteiger partial charge in [0.15, 0.2) is 5.17 Å². The first-order valence-corrected chi connectivity index (χ1v) is 10.4. The van der Waals surface area contributed by atoms with Crippen molar-refractivity contribution in [3.63, 3.8) is 0 Å². The zero-order valence-electron chi connectivity index (χ0n) is 14.4. The van der Waals surface area contributed by atoms with Crippen molar-refractivity contribution in [1.82, 2.24) is 9.88 Å². The molecule has 9 heteroatoms. The number of rotatable bonds is 4. The molecule has 1 saturated heterocycles. The molecule has 1 aromatic carbocycles. The Balaban J connectivity index is 1.86.